The molecule has 2 aromatic heterocycles. The summed E-state index contributed by atoms with van der Waals surface area (Å²) in [5.74, 6) is 0. The second kappa shape index (κ2) is 6.07. The third kappa shape index (κ3) is 3.19. The summed E-state index contributed by atoms with van der Waals surface area (Å²) in [5, 5.41) is 7.36. The Morgan fingerprint density at radius 2 is 2.16 bits per heavy atom. The van der Waals surface area contributed by atoms with Crippen molar-refractivity contribution in [2.45, 2.75) is 33.4 Å². The van der Waals surface area contributed by atoms with Crippen molar-refractivity contribution >= 4 is 22.9 Å². The first kappa shape index (κ1) is 14.6. The lowest BCUT2D eigenvalue weighted by Crippen LogP contribution is -2.17. The zero-order valence-electron chi connectivity index (χ0n) is 11.9. The van der Waals surface area contributed by atoms with Crippen LogP contribution in [-0.4, -0.2) is 21.7 Å². The molecule has 0 saturated carbocycles. The maximum Gasteiger partial charge on any atom is 0.131 e. The monoisotopic (exact) mass is 297 g/mol. The van der Waals surface area contributed by atoms with Crippen molar-refractivity contribution in [3.8, 4) is 0 Å². The Labute approximate surface area is 123 Å². The van der Waals surface area contributed by atoms with Crippen LogP contribution in [0.4, 0.5) is 0 Å². The molecule has 0 N–H and O–H groups in total. The first-order valence-corrected chi connectivity index (χ1v) is 7.70. The van der Waals surface area contributed by atoms with Gasteiger partial charge >= 0.3 is 0 Å². The number of hydrogen-bond acceptors (Lipinski definition) is 3. The highest BCUT2D eigenvalue weighted by atomic mass is 35.5. The molecule has 0 amide bonds. The van der Waals surface area contributed by atoms with Gasteiger partial charge in [0.2, 0.25) is 0 Å². The summed E-state index contributed by atoms with van der Waals surface area (Å²) >= 11 is 8.14. The van der Waals surface area contributed by atoms with Crippen molar-refractivity contribution in [2.24, 2.45) is 7.05 Å². The van der Waals surface area contributed by atoms with E-state index in [0.29, 0.717) is 0 Å². The summed E-state index contributed by atoms with van der Waals surface area (Å²) in [7, 11) is 4.02. The molecule has 5 heteroatoms. The van der Waals surface area contributed by atoms with Gasteiger partial charge in [-0.05, 0) is 37.4 Å². The summed E-state index contributed by atoms with van der Waals surface area (Å²) in [6, 6.07) is 2.17. The number of rotatable bonds is 5. The molecule has 0 saturated heterocycles. The predicted octanol–water partition coefficient (Wildman–Crippen LogP) is 3.64. The summed E-state index contributed by atoms with van der Waals surface area (Å²) in [6.45, 7) is 6.07. The third-order valence-corrected chi connectivity index (χ3v) is 4.78. The van der Waals surface area contributed by atoms with E-state index >= 15 is 0 Å². The SMILES string of the molecule is CCc1nn(C)c(Cl)c1CN(C)Cc1sccc1C. The van der Waals surface area contributed by atoms with E-state index in [0.717, 1.165) is 35.9 Å². The number of thiophene rings is 1. The molecule has 19 heavy (non-hydrogen) atoms. The summed E-state index contributed by atoms with van der Waals surface area (Å²) in [4.78, 5) is 3.71. The Morgan fingerprint density at radius 1 is 1.42 bits per heavy atom. The van der Waals surface area contributed by atoms with Gasteiger partial charge in [-0.3, -0.25) is 9.58 Å². The summed E-state index contributed by atoms with van der Waals surface area (Å²) in [5.41, 5.74) is 3.62. The molecular weight excluding hydrogens is 278 g/mol. The smallest absolute Gasteiger partial charge is 0.131 e. The Morgan fingerprint density at radius 3 is 2.74 bits per heavy atom. The van der Waals surface area contributed by atoms with Crippen molar-refractivity contribution < 1.29 is 0 Å². The van der Waals surface area contributed by atoms with Gasteiger partial charge in [-0.25, -0.2) is 0 Å². The van der Waals surface area contributed by atoms with E-state index in [2.05, 4.69) is 42.3 Å². The average Bonchev–Trinajstić information content (AvgIpc) is 2.88. The van der Waals surface area contributed by atoms with Crippen LogP contribution in [0.3, 0.4) is 0 Å². The number of hydrogen-bond donors (Lipinski definition) is 0. The van der Waals surface area contributed by atoms with Crippen molar-refractivity contribution in [1.82, 2.24) is 14.7 Å². The topological polar surface area (TPSA) is 21.1 Å². The van der Waals surface area contributed by atoms with Gasteiger partial charge < -0.3 is 0 Å². The predicted molar refractivity (Wildman–Crippen MR) is 81.8 cm³/mol. The zero-order chi connectivity index (χ0) is 14.0. The lowest BCUT2D eigenvalue weighted by atomic mass is 10.2. The van der Waals surface area contributed by atoms with Crippen molar-refractivity contribution in [3.63, 3.8) is 0 Å². The Kier molecular flexibility index (Phi) is 4.66. The molecule has 2 aromatic rings. The van der Waals surface area contributed by atoms with Gasteiger partial charge in [0.15, 0.2) is 0 Å². The largest absolute Gasteiger partial charge is 0.297 e. The van der Waals surface area contributed by atoms with Gasteiger partial charge in [0.1, 0.15) is 5.15 Å². The highest BCUT2D eigenvalue weighted by molar-refractivity contribution is 7.10. The van der Waals surface area contributed by atoms with Crippen LogP contribution in [0.1, 0.15) is 28.6 Å². The fraction of sp³-hybridized carbons (Fsp3) is 0.500. The number of aromatic nitrogens is 2. The van der Waals surface area contributed by atoms with Gasteiger partial charge in [0, 0.05) is 30.6 Å². The van der Waals surface area contributed by atoms with E-state index in [-0.39, 0.29) is 0 Å². The maximum absolute atomic E-state index is 6.33. The van der Waals surface area contributed by atoms with Gasteiger partial charge in [-0.15, -0.1) is 11.3 Å². The molecule has 3 nitrogen and oxygen atoms in total. The van der Waals surface area contributed by atoms with Crippen LogP contribution in [0.25, 0.3) is 0 Å². The number of halogens is 1. The van der Waals surface area contributed by atoms with Crippen LogP contribution >= 0.6 is 22.9 Å². The van der Waals surface area contributed by atoms with Gasteiger partial charge in [-0.1, -0.05) is 18.5 Å². The van der Waals surface area contributed by atoms with Gasteiger partial charge in [0.05, 0.1) is 5.69 Å². The molecular formula is C14H20ClN3S. The van der Waals surface area contributed by atoms with E-state index in [1.807, 2.05) is 18.4 Å². The number of aryl methyl sites for hydroxylation is 3. The molecule has 0 aliphatic carbocycles. The maximum atomic E-state index is 6.33. The molecule has 0 aliphatic heterocycles. The second-order valence-electron chi connectivity index (χ2n) is 4.89. The van der Waals surface area contributed by atoms with Gasteiger partial charge in [0.25, 0.3) is 0 Å². The van der Waals surface area contributed by atoms with Crippen LogP contribution in [0.2, 0.25) is 5.15 Å². The minimum absolute atomic E-state index is 0.756. The van der Waals surface area contributed by atoms with Crippen molar-refractivity contribution in [1.29, 1.82) is 0 Å². The Balaban J connectivity index is 2.11. The molecule has 2 heterocycles. The molecule has 0 bridgehead atoms. The second-order valence-corrected chi connectivity index (χ2v) is 6.25. The minimum Gasteiger partial charge on any atom is -0.297 e. The molecule has 2 rings (SSSR count). The van der Waals surface area contributed by atoms with E-state index in [9.17, 15) is 0 Å². The molecule has 0 aromatic carbocycles. The molecule has 0 radical (unpaired) electrons. The standard InChI is InChI=1S/C14H20ClN3S/c1-5-12-11(14(15)18(4)16-12)8-17(3)9-13-10(2)6-7-19-13/h6-7H,5,8-9H2,1-4H3. The van der Waals surface area contributed by atoms with Crippen LogP contribution in [0.5, 0.6) is 0 Å². The fourth-order valence-electron chi connectivity index (χ4n) is 2.18. The third-order valence-electron chi connectivity index (χ3n) is 3.30. The van der Waals surface area contributed by atoms with Crippen molar-refractivity contribution in [2.75, 3.05) is 7.05 Å². The highest BCUT2D eigenvalue weighted by Gasteiger charge is 2.15. The van der Waals surface area contributed by atoms with E-state index in [4.69, 9.17) is 11.6 Å². The van der Waals surface area contributed by atoms with Crippen LogP contribution < -0.4 is 0 Å². The summed E-state index contributed by atoms with van der Waals surface area (Å²) < 4.78 is 1.76. The van der Waals surface area contributed by atoms with Crippen LogP contribution in [-0.2, 0) is 26.6 Å². The van der Waals surface area contributed by atoms with Crippen LogP contribution in [0, 0.1) is 6.92 Å². The lowest BCUT2D eigenvalue weighted by Gasteiger charge is -2.16. The first-order valence-electron chi connectivity index (χ1n) is 6.44. The molecule has 0 fully saturated rings. The van der Waals surface area contributed by atoms with Crippen molar-refractivity contribution in [3.05, 3.63) is 38.3 Å². The molecule has 0 atom stereocenters. The lowest BCUT2D eigenvalue weighted by molar-refractivity contribution is 0.320. The fourth-order valence-corrected chi connectivity index (χ4v) is 3.37. The quantitative estimate of drug-likeness (QED) is 0.840. The molecule has 104 valence electrons. The summed E-state index contributed by atoms with van der Waals surface area (Å²) in [6.07, 6.45) is 0.918. The molecule has 0 unspecified atom stereocenters. The molecule has 0 aliphatic rings. The van der Waals surface area contributed by atoms with E-state index < -0.39 is 0 Å². The zero-order valence-corrected chi connectivity index (χ0v) is 13.5. The first-order chi connectivity index (χ1) is 9.02. The minimum atomic E-state index is 0.756. The van der Waals surface area contributed by atoms with Gasteiger partial charge in [-0.2, -0.15) is 5.10 Å². The average molecular weight is 298 g/mol. The van der Waals surface area contributed by atoms with E-state index in [1.165, 1.54) is 10.4 Å². The Hall–Kier alpha value is -0.840. The Bertz CT molecular complexity index is 559. The molecule has 0 spiro atoms. The number of nitrogens with zero attached hydrogens (tertiary/aromatic N) is 3. The van der Waals surface area contributed by atoms with Crippen LogP contribution in [0.15, 0.2) is 11.4 Å². The highest BCUT2D eigenvalue weighted by Crippen LogP contribution is 2.23. The normalized spacial score (nSPS) is 11.5. The van der Waals surface area contributed by atoms with E-state index in [1.54, 1.807) is 4.68 Å².